The predicted molar refractivity (Wildman–Crippen MR) is 143 cm³/mol. The molecule has 2 aromatic rings. The van der Waals surface area contributed by atoms with Crippen molar-refractivity contribution >= 4 is 29.4 Å². The molecule has 0 aromatic carbocycles. The molecule has 1 saturated carbocycles. The van der Waals surface area contributed by atoms with E-state index in [0.29, 0.717) is 28.7 Å². The maximum Gasteiger partial charge on any atom is 0.270 e. The zero-order chi connectivity index (χ0) is 25.2. The van der Waals surface area contributed by atoms with Gasteiger partial charge in [0.15, 0.2) is 0 Å². The number of nitrogens with zero attached hydrogens (tertiary/aromatic N) is 4. The molecule has 0 bridgehead atoms. The van der Waals surface area contributed by atoms with Gasteiger partial charge >= 0.3 is 0 Å². The molecule has 1 aliphatic heterocycles. The summed E-state index contributed by atoms with van der Waals surface area (Å²) in [6.45, 7) is 11.4. The number of piperazine rings is 1. The minimum atomic E-state index is -0.0695. The highest BCUT2D eigenvalue weighted by Crippen LogP contribution is 2.36. The highest BCUT2D eigenvalue weighted by molar-refractivity contribution is 5.98. The number of hydrogen-bond donors (Lipinski definition) is 4. The molecule has 9 nitrogen and oxygen atoms in total. The van der Waals surface area contributed by atoms with Crippen LogP contribution in [0.3, 0.4) is 0 Å². The number of nitrogens with one attached hydrogen (secondary N) is 4. The van der Waals surface area contributed by atoms with E-state index in [-0.39, 0.29) is 17.5 Å². The van der Waals surface area contributed by atoms with Gasteiger partial charge < -0.3 is 35.7 Å². The fraction of sp³-hybridized carbons (Fsp3) is 0.500. The molecule has 0 unspecified atom stereocenters. The second kappa shape index (κ2) is 10.1. The lowest BCUT2D eigenvalue weighted by atomic mass is 10.0. The molecule has 2 aromatic heterocycles. The van der Waals surface area contributed by atoms with Crippen LogP contribution in [0.4, 0.5) is 17.3 Å². The van der Waals surface area contributed by atoms with Crippen LogP contribution >= 0.6 is 0 Å². The summed E-state index contributed by atoms with van der Waals surface area (Å²) in [4.78, 5) is 21.4. The highest BCUT2D eigenvalue weighted by atomic mass is 16.2. The molecule has 0 spiro atoms. The van der Waals surface area contributed by atoms with Crippen LogP contribution in [0, 0.1) is 5.41 Å². The van der Waals surface area contributed by atoms with Crippen molar-refractivity contribution in [1.29, 1.82) is 5.41 Å². The van der Waals surface area contributed by atoms with Gasteiger partial charge in [0.25, 0.3) is 5.91 Å². The van der Waals surface area contributed by atoms with Crippen LogP contribution in [-0.4, -0.2) is 65.8 Å². The summed E-state index contributed by atoms with van der Waals surface area (Å²) < 4.78 is 2.06. The van der Waals surface area contributed by atoms with Gasteiger partial charge in [-0.25, -0.2) is 4.98 Å². The minimum Gasteiger partial charge on any atom is -0.367 e. The number of aromatic nitrogens is 2. The average molecular weight is 479 g/mol. The zero-order valence-electron chi connectivity index (χ0n) is 21.3. The normalized spacial score (nSPS) is 17.8. The van der Waals surface area contributed by atoms with Gasteiger partial charge in [-0.1, -0.05) is 19.4 Å². The van der Waals surface area contributed by atoms with Crippen molar-refractivity contribution in [3.63, 3.8) is 0 Å². The van der Waals surface area contributed by atoms with Gasteiger partial charge in [0.05, 0.1) is 11.9 Å². The maximum absolute atomic E-state index is 12.9. The first-order chi connectivity index (χ1) is 16.7. The van der Waals surface area contributed by atoms with Gasteiger partial charge in [0, 0.05) is 57.1 Å². The number of hydrogen-bond acceptors (Lipinski definition) is 7. The topological polar surface area (TPSA) is 101 Å². The van der Waals surface area contributed by atoms with Crippen LogP contribution in [-0.2, 0) is 0 Å². The molecular weight excluding hydrogens is 440 g/mol. The Bertz CT molecular complexity index is 1080. The number of carbonyl (C=O) groups is 1. The first-order valence-electron chi connectivity index (χ1n) is 12.3. The minimum absolute atomic E-state index is 0.0695. The third-order valence-corrected chi connectivity index (χ3v) is 6.77. The maximum atomic E-state index is 12.9. The van der Waals surface area contributed by atoms with E-state index in [1.165, 1.54) is 6.21 Å². The van der Waals surface area contributed by atoms with Crippen LogP contribution in [0.15, 0.2) is 36.8 Å². The fourth-order valence-corrected chi connectivity index (χ4v) is 5.06. The Morgan fingerprint density at radius 2 is 2.03 bits per heavy atom. The number of rotatable bonds is 8. The molecule has 188 valence electrons. The first-order valence-corrected chi connectivity index (χ1v) is 12.3. The van der Waals surface area contributed by atoms with Crippen molar-refractivity contribution in [2.24, 2.45) is 0 Å². The number of anilines is 3. The standard InChI is InChI=1S/C26H38N8O/c1-18(30-23-11-10-21(16-28-23)33-13-12-29-26(2,3)17-33)31-24-19(15-27)14-22(25(35)32(4)5)34(24)20-8-6-7-9-20/h10-11,14-16,20,27,29,31H,1,6-9,12-13,17H2,2-5H3,(H,28,30). The Kier molecular flexibility index (Phi) is 7.16. The smallest absolute Gasteiger partial charge is 0.270 e. The van der Waals surface area contributed by atoms with Crippen molar-refractivity contribution in [3.05, 3.63) is 48.1 Å². The summed E-state index contributed by atoms with van der Waals surface area (Å²) in [7, 11) is 3.51. The van der Waals surface area contributed by atoms with E-state index < -0.39 is 0 Å². The number of pyridine rings is 1. The van der Waals surface area contributed by atoms with E-state index in [2.05, 4.69) is 56.9 Å². The largest absolute Gasteiger partial charge is 0.367 e. The molecule has 0 radical (unpaired) electrons. The van der Waals surface area contributed by atoms with E-state index >= 15 is 0 Å². The Hall–Kier alpha value is -3.33. The second-order valence-corrected chi connectivity index (χ2v) is 10.3. The van der Waals surface area contributed by atoms with Gasteiger partial charge in [-0.3, -0.25) is 4.79 Å². The Balaban J connectivity index is 1.51. The third kappa shape index (κ3) is 5.51. The molecule has 2 fully saturated rings. The summed E-state index contributed by atoms with van der Waals surface area (Å²) in [6, 6.07) is 6.04. The fourth-order valence-electron chi connectivity index (χ4n) is 5.06. The van der Waals surface area contributed by atoms with Crippen molar-refractivity contribution in [2.45, 2.75) is 51.1 Å². The van der Waals surface area contributed by atoms with E-state index in [0.717, 1.165) is 51.0 Å². The quantitative estimate of drug-likeness (QED) is 0.430. The van der Waals surface area contributed by atoms with Gasteiger partial charge in [-0.2, -0.15) is 0 Å². The van der Waals surface area contributed by atoms with Crippen molar-refractivity contribution in [2.75, 3.05) is 49.3 Å². The van der Waals surface area contributed by atoms with Crippen molar-refractivity contribution < 1.29 is 4.79 Å². The van der Waals surface area contributed by atoms with E-state index in [1.54, 1.807) is 25.1 Å². The van der Waals surface area contributed by atoms with Crippen molar-refractivity contribution in [1.82, 2.24) is 19.8 Å². The Morgan fingerprint density at radius 1 is 1.29 bits per heavy atom. The Labute approximate surface area is 208 Å². The molecule has 4 N–H and O–H groups in total. The summed E-state index contributed by atoms with van der Waals surface area (Å²) in [5.74, 6) is 1.87. The van der Waals surface area contributed by atoms with E-state index in [1.807, 2.05) is 12.3 Å². The molecule has 0 atom stereocenters. The lowest BCUT2D eigenvalue weighted by molar-refractivity contribution is 0.0815. The molecule has 1 aliphatic carbocycles. The van der Waals surface area contributed by atoms with Gasteiger partial charge in [0.2, 0.25) is 0 Å². The Morgan fingerprint density at radius 3 is 2.63 bits per heavy atom. The predicted octanol–water partition coefficient (Wildman–Crippen LogP) is 3.88. The number of carbonyl (C=O) groups excluding carboxylic acids is 1. The van der Waals surface area contributed by atoms with Crippen LogP contribution in [0.25, 0.3) is 0 Å². The molecule has 2 aliphatic rings. The number of amides is 1. The second-order valence-electron chi connectivity index (χ2n) is 10.3. The molecule has 9 heteroatoms. The molecule has 35 heavy (non-hydrogen) atoms. The molecular formula is C26H38N8O. The molecule has 4 rings (SSSR count). The van der Waals surface area contributed by atoms with Gasteiger partial charge in [-0.15, -0.1) is 0 Å². The lowest BCUT2D eigenvalue weighted by Gasteiger charge is -2.40. The van der Waals surface area contributed by atoms with Crippen LogP contribution in [0.2, 0.25) is 0 Å². The SMILES string of the molecule is C=C(Nc1ccc(N2CCNC(C)(C)C2)cn1)Nc1c(C=N)cc(C(=O)N(C)C)n1C1CCCC1. The zero-order valence-corrected chi connectivity index (χ0v) is 21.3. The average Bonchev–Trinajstić information content (AvgIpc) is 3.46. The molecule has 1 saturated heterocycles. The summed E-state index contributed by atoms with van der Waals surface area (Å²) >= 11 is 0. The van der Waals surface area contributed by atoms with E-state index in [9.17, 15) is 4.79 Å². The molecule has 3 heterocycles. The van der Waals surface area contributed by atoms with E-state index in [4.69, 9.17) is 5.41 Å². The van der Waals surface area contributed by atoms with Crippen LogP contribution in [0.1, 0.15) is 61.6 Å². The lowest BCUT2D eigenvalue weighted by Crippen LogP contribution is -2.57. The molecule has 1 amide bonds. The monoisotopic (exact) mass is 478 g/mol. The van der Waals surface area contributed by atoms with Gasteiger partial charge in [0.1, 0.15) is 23.2 Å². The van der Waals surface area contributed by atoms with Crippen LogP contribution < -0.4 is 20.9 Å². The van der Waals surface area contributed by atoms with Crippen molar-refractivity contribution in [3.8, 4) is 0 Å². The van der Waals surface area contributed by atoms with Crippen LogP contribution in [0.5, 0.6) is 0 Å². The summed E-state index contributed by atoms with van der Waals surface area (Å²) in [6.07, 6.45) is 7.47. The van der Waals surface area contributed by atoms with Gasteiger partial charge in [-0.05, 0) is 44.9 Å². The summed E-state index contributed by atoms with van der Waals surface area (Å²) in [5, 5.41) is 18.1. The summed E-state index contributed by atoms with van der Waals surface area (Å²) in [5.41, 5.74) is 2.42. The highest BCUT2D eigenvalue weighted by Gasteiger charge is 2.28. The third-order valence-electron chi connectivity index (χ3n) is 6.77. The first kappa shape index (κ1) is 24.8.